The van der Waals surface area contributed by atoms with Crippen molar-refractivity contribution < 1.29 is 23.8 Å². The molecule has 0 unspecified atom stereocenters. The normalized spacial score (nSPS) is 10.3. The molecule has 0 aliphatic carbocycles. The number of ether oxygens (including phenoxy) is 3. The summed E-state index contributed by atoms with van der Waals surface area (Å²) in [5.74, 6) is -0.513. The molecule has 0 radical (unpaired) electrons. The number of nitrogens with zero attached hydrogens (tertiary/aromatic N) is 2. The average Bonchev–Trinajstić information content (AvgIpc) is 2.78. The van der Waals surface area contributed by atoms with Crippen molar-refractivity contribution in [1.29, 1.82) is 0 Å². The Balaban J connectivity index is 1.76. The Labute approximate surface area is 168 Å². The van der Waals surface area contributed by atoms with Gasteiger partial charge in [-0.25, -0.2) is 9.59 Å². The number of hydrogen-bond donors (Lipinski definition) is 0. The fourth-order valence-electron chi connectivity index (χ4n) is 2.70. The smallest absolute Gasteiger partial charge is 0.358 e. The van der Waals surface area contributed by atoms with Gasteiger partial charge in [0.15, 0.2) is 11.4 Å². The van der Waals surface area contributed by atoms with Gasteiger partial charge in [-0.15, -0.1) is 10.2 Å². The number of rotatable bonds is 7. The van der Waals surface area contributed by atoms with Crippen molar-refractivity contribution in [3.8, 4) is 5.75 Å². The van der Waals surface area contributed by atoms with E-state index in [0.29, 0.717) is 18.6 Å². The molecular weight excluding hydrogens is 372 g/mol. The third-order valence-corrected chi connectivity index (χ3v) is 4.21. The molecule has 0 saturated carbocycles. The van der Waals surface area contributed by atoms with Crippen LogP contribution in [0.2, 0.25) is 0 Å². The van der Waals surface area contributed by atoms with E-state index < -0.39 is 11.9 Å². The molecule has 1 heterocycles. The summed E-state index contributed by atoms with van der Waals surface area (Å²) in [5.41, 5.74) is 2.59. The molecule has 7 heteroatoms. The van der Waals surface area contributed by atoms with Crippen LogP contribution in [0.3, 0.4) is 0 Å². The fraction of sp³-hybridized carbons (Fsp3) is 0.182. The predicted octanol–water partition coefficient (Wildman–Crippen LogP) is 3.22. The van der Waals surface area contributed by atoms with Gasteiger partial charge in [0.2, 0.25) is 0 Å². The standard InChI is InChI=1S/C22H20N2O5/c1-27-21(25)19-13-17(20(24-23-19)22(26)28-2)12-15-8-10-18(11-9-15)29-14-16-6-4-3-5-7-16/h3-11,13H,12,14H2,1-2H3. The predicted molar refractivity (Wildman–Crippen MR) is 105 cm³/mol. The van der Waals surface area contributed by atoms with Crippen LogP contribution in [0.15, 0.2) is 60.7 Å². The topological polar surface area (TPSA) is 87.6 Å². The molecule has 0 bridgehead atoms. The van der Waals surface area contributed by atoms with Crippen LogP contribution in [-0.2, 0) is 22.5 Å². The second kappa shape index (κ2) is 9.45. The number of methoxy groups -OCH3 is 2. The second-order valence-electron chi connectivity index (χ2n) is 6.18. The third-order valence-electron chi connectivity index (χ3n) is 4.21. The van der Waals surface area contributed by atoms with Gasteiger partial charge in [0.25, 0.3) is 0 Å². The van der Waals surface area contributed by atoms with Crippen molar-refractivity contribution in [1.82, 2.24) is 10.2 Å². The van der Waals surface area contributed by atoms with Crippen molar-refractivity contribution in [3.05, 3.63) is 88.7 Å². The molecule has 0 spiro atoms. The van der Waals surface area contributed by atoms with Crippen LogP contribution in [0, 0.1) is 0 Å². The summed E-state index contributed by atoms with van der Waals surface area (Å²) in [4.78, 5) is 23.7. The van der Waals surface area contributed by atoms with Crippen LogP contribution in [0.1, 0.15) is 37.7 Å². The van der Waals surface area contributed by atoms with E-state index in [1.165, 1.54) is 20.3 Å². The Morgan fingerprint density at radius 2 is 1.52 bits per heavy atom. The zero-order chi connectivity index (χ0) is 20.6. The van der Waals surface area contributed by atoms with Crippen LogP contribution >= 0.6 is 0 Å². The number of esters is 2. The Hall–Kier alpha value is -3.74. The van der Waals surface area contributed by atoms with Crippen LogP contribution < -0.4 is 4.74 Å². The molecule has 0 N–H and O–H groups in total. The molecule has 0 fully saturated rings. The highest BCUT2D eigenvalue weighted by Crippen LogP contribution is 2.19. The Kier molecular flexibility index (Phi) is 6.52. The van der Waals surface area contributed by atoms with Crippen LogP contribution in [0.4, 0.5) is 0 Å². The Bertz CT molecular complexity index is 988. The van der Waals surface area contributed by atoms with Crippen molar-refractivity contribution in [2.75, 3.05) is 14.2 Å². The first kappa shape index (κ1) is 20.0. The molecule has 0 saturated heterocycles. The van der Waals surface area contributed by atoms with Crippen LogP contribution in [0.5, 0.6) is 5.75 Å². The first-order chi connectivity index (χ1) is 14.1. The number of carbonyl (C=O) groups excluding carboxylic acids is 2. The highest BCUT2D eigenvalue weighted by Gasteiger charge is 2.19. The summed E-state index contributed by atoms with van der Waals surface area (Å²) in [5, 5.41) is 7.59. The number of benzene rings is 2. The Morgan fingerprint density at radius 3 is 2.17 bits per heavy atom. The highest BCUT2D eigenvalue weighted by molar-refractivity contribution is 5.91. The lowest BCUT2D eigenvalue weighted by Gasteiger charge is -2.10. The minimum Gasteiger partial charge on any atom is -0.489 e. The van der Waals surface area contributed by atoms with E-state index in [1.54, 1.807) is 0 Å². The molecule has 0 amide bonds. The maximum Gasteiger partial charge on any atom is 0.358 e. The van der Waals surface area contributed by atoms with E-state index in [1.807, 2.05) is 54.6 Å². The quantitative estimate of drug-likeness (QED) is 0.571. The van der Waals surface area contributed by atoms with Crippen molar-refractivity contribution >= 4 is 11.9 Å². The number of hydrogen-bond acceptors (Lipinski definition) is 7. The zero-order valence-corrected chi connectivity index (χ0v) is 16.1. The maximum absolute atomic E-state index is 12.0. The molecule has 1 aromatic heterocycles. The molecule has 0 atom stereocenters. The van der Waals surface area contributed by atoms with Gasteiger partial charge in [-0.2, -0.15) is 0 Å². The van der Waals surface area contributed by atoms with E-state index in [0.717, 1.165) is 16.9 Å². The molecule has 0 aliphatic rings. The highest BCUT2D eigenvalue weighted by atomic mass is 16.5. The second-order valence-corrected chi connectivity index (χ2v) is 6.18. The summed E-state index contributed by atoms with van der Waals surface area (Å²) in [7, 11) is 2.52. The maximum atomic E-state index is 12.0. The van der Waals surface area contributed by atoms with Crippen molar-refractivity contribution in [3.63, 3.8) is 0 Å². The monoisotopic (exact) mass is 392 g/mol. The van der Waals surface area contributed by atoms with E-state index in [2.05, 4.69) is 14.9 Å². The average molecular weight is 392 g/mol. The summed E-state index contributed by atoms with van der Waals surface area (Å²) in [6, 6.07) is 18.9. The summed E-state index contributed by atoms with van der Waals surface area (Å²) in [6.45, 7) is 0.476. The van der Waals surface area contributed by atoms with Gasteiger partial charge in [-0.1, -0.05) is 42.5 Å². The van der Waals surface area contributed by atoms with E-state index in [-0.39, 0.29) is 11.4 Å². The first-order valence-corrected chi connectivity index (χ1v) is 8.89. The van der Waals surface area contributed by atoms with Gasteiger partial charge in [-0.05, 0) is 41.3 Å². The largest absolute Gasteiger partial charge is 0.489 e. The van der Waals surface area contributed by atoms with Gasteiger partial charge >= 0.3 is 11.9 Å². The van der Waals surface area contributed by atoms with Crippen LogP contribution in [-0.4, -0.2) is 36.4 Å². The number of aromatic nitrogens is 2. The molecule has 2 aromatic carbocycles. The van der Waals surface area contributed by atoms with E-state index in [9.17, 15) is 9.59 Å². The minimum atomic E-state index is -0.625. The lowest BCUT2D eigenvalue weighted by molar-refractivity contribution is 0.0572. The van der Waals surface area contributed by atoms with Crippen molar-refractivity contribution in [2.45, 2.75) is 13.0 Å². The first-order valence-electron chi connectivity index (χ1n) is 8.89. The molecule has 29 heavy (non-hydrogen) atoms. The lowest BCUT2D eigenvalue weighted by Crippen LogP contribution is -2.14. The van der Waals surface area contributed by atoms with Gasteiger partial charge in [0.05, 0.1) is 14.2 Å². The molecular formula is C22H20N2O5. The van der Waals surface area contributed by atoms with Gasteiger partial charge in [-0.3, -0.25) is 0 Å². The molecule has 0 aliphatic heterocycles. The zero-order valence-electron chi connectivity index (χ0n) is 16.1. The molecule has 148 valence electrons. The summed E-state index contributed by atoms with van der Waals surface area (Å²) < 4.78 is 15.2. The summed E-state index contributed by atoms with van der Waals surface area (Å²) in [6.07, 6.45) is 0.364. The fourth-order valence-corrected chi connectivity index (χ4v) is 2.70. The third kappa shape index (κ3) is 5.16. The van der Waals surface area contributed by atoms with Gasteiger partial charge in [0.1, 0.15) is 12.4 Å². The van der Waals surface area contributed by atoms with Gasteiger partial charge in [0, 0.05) is 0 Å². The molecule has 3 rings (SSSR count). The van der Waals surface area contributed by atoms with Crippen LogP contribution in [0.25, 0.3) is 0 Å². The Morgan fingerprint density at radius 1 is 0.828 bits per heavy atom. The van der Waals surface area contributed by atoms with Crippen molar-refractivity contribution in [2.24, 2.45) is 0 Å². The number of carbonyl (C=O) groups is 2. The summed E-state index contributed by atoms with van der Waals surface area (Å²) >= 11 is 0. The SMILES string of the molecule is COC(=O)c1cc(Cc2ccc(OCc3ccccc3)cc2)c(C(=O)OC)nn1. The van der Waals surface area contributed by atoms with E-state index in [4.69, 9.17) is 9.47 Å². The minimum absolute atomic E-state index is 0.0259. The van der Waals surface area contributed by atoms with E-state index >= 15 is 0 Å². The lowest BCUT2D eigenvalue weighted by atomic mass is 10.0. The van der Waals surface area contributed by atoms with Gasteiger partial charge < -0.3 is 14.2 Å². The molecule has 3 aromatic rings. The molecule has 7 nitrogen and oxygen atoms in total.